The number of hydrogen-bond donors (Lipinski definition) is 1. The van der Waals surface area contributed by atoms with E-state index < -0.39 is 7.75 Å². The van der Waals surface area contributed by atoms with Crippen LogP contribution in [0.3, 0.4) is 0 Å². The van der Waals surface area contributed by atoms with E-state index in [0.29, 0.717) is 19.1 Å². The molecule has 1 saturated heterocycles. The van der Waals surface area contributed by atoms with E-state index in [4.69, 9.17) is 9.05 Å². The summed E-state index contributed by atoms with van der Waals surface area (Å²) in [5, 5.41) is 3.26. The topological polar surface area (TPSA) is 47.6 Å². The van der Waals surface area contributed by atoms with E-state index in [1.165, 1.54) is 16.7 Å². The Balaban J connectivity index is 1.73. The predicted molar refractivity (Wildman–Crippen MR) is 114 cm³/mol. The van der Waals surface area contributed by atoms with Gasteiger partial charge >= 0.3 is 7.75 Å². The zero-order valence-electron chi connectivity index (χ0n) is 17.7. The van der Waals surface area contributed by atoms with Crippen LogP contribution in [0.1, 0.15) is 59.4 Å². The van der Waals surface area contributed by atoms with Crippen molar-refractivity contribution in [2.24, 2.45) is 16.7 Å². The van der Waals surface area contributed by atoms with Crippen molar-refractivity contribution in [3.05, 3.63) is 52.7 Å². The molecule has 0 bridgehead atoms. The third kappa shape index (κ3) is 3.40. The van der Waals surface area contributed by atoms with Crippen LogP contribution in [-0.4, -0.2) is 13.2 Å². The van der Waals surface area contributed by atoms with Crippen molar-refractivity contribution in [3.63, 3.8) is 0 Å². The monoisotopic (exact) mass is 401 g/mol. The summed E-state index contributed by atoms with van der Waals surface area (Å²) in [6.07, 6.45) is 3.12. The van der Waals surface area contributed by atoms with Gasteiger partial charge in [0.1, 0.15) is 0 Å². The van der Waals surface area contributed by atoms with Crippen molar-refractivity contribution in [2.75, 3.05) is 13.2 Å². The minimum absolute atomic E-state index is 0.0461. The summed E-state index contributed by atoms with van der Waals surface area (Å²) in [4.78, 5) is 0. The highest BCUT2D eigenvalue weighted by Crippen LogP contribution is 2.64. The van der Waals surface area contributed by atoms with Crippen molar-refractivity contribution in [1.82, 2.24) is 5.09 Å². The van der Waals surface area contributed by atoms with E-state index in [1.807, 2.05) is 6.07 Å². The molecule has 4 rings (SSSR count). The Hall–Kier alpha value is -1.35. The van der Waals surface area contributed by atoms with Crippen LogP contribution in [0.2, 0.25) is 0 Å². The molecule has 5 heteroatoms. The average molecular weight is 401 g/mol. The van der Waals surface area contributed by atoms with E-state index >= 15 is 0 Å². The van der Waals surface area contributed by atoms with Crippen LogP contribution in [0.15, 0.2) is 47.2 Å². The summed E-state index contributed by atoms with van der Waals surface area (Å²) < 4.78 is 24.8. The Bertz CT molecular complexity index is 868. The second-order valence-corrected chi connectivity index (χ2v) is 11.5. The first kappa shape index (κ1) is 19.9. The molecule has 1 heterocycles. The van der Waals surface area contributed by atoms with E-state index in [-0.39, 0.29) is 10.8 Å². The van der Waals surface area contributed by atoms with Gasteiger partial charge in [0, 0.05) is 16.5 Å². The Morgan fingerprint density at radius 1 is 1.11 bits per heavy atom. The standard InChI is InChI=1S/C23H32NO3P/c1-16(2)18-11-12-23(5)19(18)13-20(21(23)17-9-7-6-8-10-17)24-28(25)26-14-22(3,4)15-27-28/h6-10,19H,11-15H2,1-5H3,(H,24,25)/t19-,23+/m0/s1. The Kier molecular flexibility index (Phi) is 4.89. The van der Waals surface area contributed by atoms with Crippen molar-refractivity contribution >= 4 is 13.3 Å². The first-order valence-electron chi connectivity index (χ1n) is 10.3. The minimum atomic E-state index is -3.34. The zero-order chi connectivity index (χ0) is 20.2. The van der Waals surface area contributed by atoms with Gasteiger partial charge in [-0.15, -0.1) is 0 Å². The van der Waals surface area contributed by atoms with Crippen molar-refractivity contribution in [3.8, 4) is 0 Å². The summed E-state index contributed by atoms with van der Waals surface area (Å²) in [5.74, 6) is 0.447. The fourth-order valence-corrected chi connectivity index (χ4v) is 6.84. The molecule has 1 N–H and O–H groups in total. The molecule has 0 aromatic heterocycles. The lowest BCUT2D eigenvalue weighted by Gasteiger charge is -2.34. The molecule has 1 aromatic carbocycles. The predicted octanol–water partition coefficient (Wildman–Crippen LogP) is 6.32. The van der Waals surface area contributed by atoms with Crippen LogP contribution in [0, 0.1) is 16.7 Å². The van der Waals surface area contributed by atoms with Gasteiger partial charge in [0.15, 0.2) is 0 Å². The minimum Gasteiger partial charge on any atom is -0.296 e. The molecule has 1 aromatic rings. The maximum Gasteiger partial charge on any atom is 0.432 e. The number of hydrogen-bond acceptors (Lipinski definition) is 3. The number of allylic oxidation sites excluding steroid dienone is 4. The molecule has 4 nitrogen and oxygen atoms in total. The van der Waals surface area contributed by atoms with Crippen LogP contribution in [-0.2, 0) is 13.6 Å². The van der Waals surface area contributed by atoms with Gasteiger partial charge in [-0.2, -0.15) is 0 Å². The highest BCUT2D eigenvalue weighted by molar-refractivity contribution is 7.51. The molecule has 2 aliphatic carbocycles. The lowest BCUT2D eigenvalue weighted by Crippen LogP contribution is -2.32. The van der Waals surface area contributed by atoms with Crippen LogP contribution in [0.5, 0.6) is 0 Å². The second-order valence-electron chi connectivity index (χ2n) is 9.74. The van der Waals surface area contributed by atoms with Gasteiger partial charge in [-0.3, -0.25) is 14.1 Å². The highest BCUT2D eigenvalue weighted by Gasteiger charge is 2.52. The molecular formula is C23H32NO3P. The van der Waals surface area contributed by atoms with E-state index in [1.54, 1.807) is 5.57 Å². The van der Waals surface area contributed by atoms with Crippen molar-refractivity contribution in [1.29, 1.82) is 0 Å². The molecule has 0 unspecified atom stereocenters. The largest absolute Gasteiger partial charge is 0.432 e. The lowest BCUT2D eigenvalue weighted by atomic mass is 9.74. The maximum absolute atomic E-state index is 13.3. The SMILES string of the molecule is CC(C)=C1CC[C@@]2(C)C(c3ccccc3)=C(NP3(=O)OCC(C)(C)CO3)C[C@@H]12. The summed E-state index contributed by atoms with van der Waals surface area (Å²) in [5.41, 5.74) is 6.42. The van der Waals surface area contributed by atoms with Gasteiger partial charge in [0.25, 0.3) is 0 Å². The van der Waals surface area contributed by atoms with E-state index in [0.717, 1.165) is 25.0 Å². The fourth-order valence-electron chi connectivity index (χ4n) is 5.06. The summed E-state index contributed by atoms with van der Waals surface area (Å²) >= 11 is 0. The quantitative estimate of drug-likeness (QED) is 0.475. The first-order chi connectivity index (χ1) is 13.1. The van der Waals surface area contributed by atoms with Gasteiger partial charge < -0.3 is 0 Å². The van der Waals surface area contributed by atoms with Gasteiger partial charge in [-0.1, -0.05) is 62.2 Å². The molecule has 2 atom stereocenters. The Labute approximate surface area is 169 Å². The molecule has 0 amide bonds. The average Bonchev–Trinajstić information content (AvgIpc) is 3.09. The van der Waals surface area contributed by atoms with Crippen LogP contribution >= 0.6 is 7.75 Å². The molecule has 0 spiro atoms. The van der Waals surface area contributed by atoms with Crippen molar-refractivity contribution in [2.45, 2.75) is 53.9 Å². The molecular weight excluding hydrogens is 369 g/mol. The third-order valence-electron chi connectivity index (χ3n) is 6.61. The summed E-state index contributed by atoms with van der Waals surface area (Å²) in [6.45, 7) is 11.8. The van der Waals surface area contributed by atoms with Gasteiger partial charge in [0.2, 0.25) is 0 Å². The third-order valence-corrected chi connectivity index (χ3v) is 8.09. The van der Waals surface area contributed by atoms with E-state index in [2.05, 4.69) is 64.0 Å². The number of nitrogens with one attached hydrogen (secondary N) is 1. The molecule has 0 radical (unpaired) electrons. The highest BCUT2D eigenvalue weighted by atomic mass is 31.2. The fraction of sp³-hybridized carbons (Fsp3) is 0.565. The van der Waals surface area contributed by atoms with Gasteiger partial charge in [-0.25, -0.2) is 4.57 Å². The summed E-state index contributed by atoms with van der Waals surface area (Å²) in [7, 11) is -3.34. The summed E-state index contributed by atoms with van der Waals surface area (Å²) in [6, 6.07) is 10.5. The zero-order valence-corrected chi connectivity index (χ0v) is 18.6. The molecule has 152 valence electrons. The van der Waals surface area contributed by atoms with Gasteiger partial charge in [0.05, 0.1) is 13.2 Å². The Morgan fingerprint density at radius 2 is 1.75 bits per heavy atom. The molecule has 1 saturated carbocycles. The number of fused-ring (bicyclic) bond motifs is 1. The smallest absolute Gasteiger partial charge is 0.296 e. The second kappa shape index (κ2) is 6.86. The van der Waals surface area contributed by atoms with E-state index in [9.17, 15) is 4.57 Å². The van der Waals surface area contributed by atoms with Crippen molar-refractivity contribution < 1.29 is 13.6 Å². The molecule has 1 aliphatic heterocycles. The molecule has 2 fully saturated rings. The van der Waals surface area contributed by atoms with Gasteiger partial charge in [-0.05, 0) is 50.2 Å². The number of rotatable bonds is 3. The lowest BCUT2D eigenvalue weighted by molar-refractivity contribution is 0.0382. The molecule has 3 aliphatic rings. The Morgan fingerprint density at radius 3 is 2.36 bits per heavy atom. The van der Waals surface area contributed by atoms with Crippen LogP contribution < -0.4 is 5.09 Å². The van der Waals surface area contributed by atoms with Crippen LogP contribution in [0.4, 0.5) is 0 Å². The normalized spacial score (nSPS) is 31.0. The molecule has 28 heavy (non-hydrogen) atoms. The first-order valence-corrected chi connectivity index (χ1v) is 11.8. The van der Waals surface area contributed by atoms with Crippen LogP contribution in [0.25, 0.3) is 5.57 Å². The number of benzene rings is 1. The maximum atomic E-state index is 13.3.